The number of thioether (sulfide) groups is 1. The maximum atomic E-state index is 9.66. The fourth-order valence-electron chi connectivity index (χ4n) is 1.68. The summed E-state index contributed by atoms with van der Waals surface area (Å²) in [5.41, 5.74) is 5.86. The van der Waals surface area contributed by atoms with Gasteiger partial charge in [-0.1, -0.05) is 11.8 Å². The zero-order valence-electron chi connectivity index (χ0n) is 8.87. The van der Waals surface area contributed by atoms with Gasteiger partial charge in [0.15, 0.2) is 5.16 Å². The van der Waals surface area contributed by atoms with Gasteiger partial charge in [-0.05, 0) is 11.4 Å². The number of nitrogen functional groups attached to an aromatic ring is 1. The molecule has 1 saturated heterocycles. The maximum Gasteiger partial charge on any atom is 0.191 e. The number of anilines is 1. The van der Waals surface area contributed by atoms with E-state index in [0.717, 1.165) is 10.2 Å². The van der Waals surface area contributed by atoms with E-state index in [1.54, 1.807) is 0 Å². The molecular formula is C10H11N3O2S2. The molecule has 7 heteroatoms. The van der Waals surface area contributed by atoms with E-state index < -0.39 is 6.10 Å². The minimum absolute atomic E-state index is 0.00758. The van der Waals surface area contributed by atoms with Gasteiger partial charge in [-0.15, -0.1) is 11.3 Å². The average Bonchev–Trinajstić information content (AvgIpc) is 2.89. The zero-order valence-corrected chi connectivity index (χ0v) is 10.5. The van der Waals surface area contributed by atoms with E-state index in [4.69, 9.17) is 10.5 Å². The first kappa shape index (κ1) is 11.2. The largest absolute Gasteiger partial charge is 0.389 e. The Hall–Kier alpha value is -0.890. The second kappa shape index (κ2) is 4.41. The van der Waals surface area contributed by atoms with Crippen LogP contribution in [0.3, 0.4) is 0 Å². The molecule has 2 aromatic rings. The van der Waals surface area contributed by atoms with Gasteiger partial charge in [-0.3, -0.25) is 0 Å². The molecule has 2 aromatic heterocycles. The summed E-state index contributed by atoms with van der Waals surface area (Å²) in [5.74, 6) is 0.493. The first-order valence-corrected chi connectivity index (χ1v) is 6.93. The molecule has 17 heavy (non-hydrogen) atoms. The molecule has 3 rings (SSSR count). The minimum Gasteiger partial charge on any atom is -0.389 e. The summed E-state index contributed by atoms with van der Waals surface area (Å²) in [6.45, 7) is 0.909. The second-order valence-electron chi connectivity index (χ2n) is 3.79. The predicted octanol–water partition coefficient (Wildman–Crippen LogP) is 1.13. The van der Waals surface area contributed by atoms with Crippen molar-refractivity contribution in [2.75, 3.05) is 18.9 Å². The third kappa shape index (κ3) is 2.11. The van der Waals surface area contributed by atoms with Crippen molar-refractivity contribution in [2.24, 2.45) is 0 Å². The highest BCUT2D eigenvalue weighted by molar-refractivity contribution is 7.99. The molecular weight excluding hydrogens is 258 g/mol. The number of aliphatic hydroxyl groups is 1. The average molecular weight is 269 g/mol. The van der Waals surface area contributed by atoms with Gasteiger partial charge in [-0.25, -0.2) is 9.97 Å². The number of aromatic nitrogens is 2. The first-order valence-electron chi connectivity index (χ1n) is 5.17. The molecule has 3 heterocycles. The molecule has 0 radical (unpaired) electrons. The van der Waals surface area contributed by atoms with Crippen LogP contribution in [0.1, 0.15) is 0 Å². The number of ether oxygens (including phenoxy) is 1. The predicted molar refractivity (Wildman–Crippen MR) is 68.3 cm³/mol. The van der Waals surface area contributed by atoms with Gasteiger partial charge in [0.1, 0.15) is 10.6 Å². The Morgan fingerprint density at radius 2 is 2.35 bits per heavy atom. The van der Waals surface area contributed by atoms with Crippen molar-refractivity contribution in [1.29, 1.82) is 0 Å². The van der Waals surface area contributed by atoms with Crippen LogP contribution in [0.15, 0.2) is 16.6 Å². The molecule has 2 atom stereocenters. The summed E-state index contributed by atoms with van der Waals surface area (Å²) in [6, 6.07) is 1.91. The number of thiophene rings is 1. The van der Waals surface area contributed by atoms with E-state index in [0.29, 0.717) is 24.2 Å². The van der Waals surface area contributed by atoms with Crippen LogP contribution in [0.5, 0.6) is 0 Å². The van der Waals surface area contributed by atoms with E-state index in [2.05, 4.69) is 9.97 Å². The summed E-state index contributed by atoms with van der Waals surface area (Å²) in [7, 11) is 0. The van der Waals surface area contributed by atoms with Crippen molar-refractivity contribution in [2.45, 2.75) is 16.5 Å². The lowest BCUT2D eigenvalue weighted by Gasteiger charge is -2.10. The number of fused-ring (bicyclic) bond motifs is 1. The van der Waals surface area contributed by atoms with Gasteiger partial charge in [0, 0.05) is 0 Å². The second-order valence-corrected chi connectivity index (χ2v) is 5.89. The molecule has 0 saturated carbocycles. The molecule has 0 bridgehead atoms. The molecule has 2 unspecified atom stereocenters. The van der Waals surface area contributed by atoms with Gasteiger partial charge in [0.2, 0.25) is 0 Å². The Kier molecular flexibility index (Phi) is 2.91. The molecule has 1 aliphatic heterocycles. The Labute approximate surface area is 106 Å². The topological polar surface area (TPSA) is 81.3 Å². The highest BCUT2D eigenvalue weighted by Crippen LogP contribution is 2.30. The molecule has 3 N–H and O–H groups in total. The normalized spacial score (nSPS) is 24.5. The van der Waals surface area contributed by atoms with Crippen LogP contribution in [0.4, 0.5) is 5.82 Å². The first-order chi connectivity index (χ1) is 8.24. The Morgan fingerprint density at radius 1 is 1.47 bits per heavy atom. The molecule has 5 nitrogen and oxygen atoms in total. The van der Waals surface area contributed by atoms with Crippen LogP contribution < -0.4 is 5.73 Å². The standard InChI is InChI=1S/C10H11N3O2S2/c11-8-5-1-2-16-9(5)13-10(12-8)17-7-4-15-3-6(7)14/h1-2,6-7,14H,3-4H2,(H2,11,12,13). The van der Waals surface area contributed by atoms with E-state index >= 15 is 0 Å². The molecule has 0 amide bonds. The van der Waals surface area contributed by atoms with Crippen LogP contribution >= 0.6 is 23.1 Å². The highest BCUT2D eigenvalue weighted by Gasteiger charge is 2.28. The summed E-state index contributed by atoms with van der Waals surface area (Å²) in [4.78, 5) is 9.54. The monoisotopic (exact) mass is 269 g/mol. The van der Waals surface area contributed by atoms with Crippen LogP contribution in [0, 0.1) is 0 Å². The summed E-state index contributed by atoms with van der Waals surface area (Å²) in [5, 5.41) is 13.1. The third-order valence-electron chi connectivity index (χ3n) is 2.59. The van der Waals surface area contributed by atoms with Crippen molar-refractivity contribution >= 4 is 39.1 Å². The Bertz CT molecular complexity index is 545. The van der Waals surface area contributed by atoms with Crippen molar-refractivity contribution in [1.82, 2.24) is 9.97 Å². The van der Waals surface area contributed by atoms with Crippen LogP contribution in [-0.4, -0.2) is 39.6 Å². The number of hydrogen-bond acceptors (Lipinski definition) is 7. The molecule has 90 valence electrons. The van der Waals surface area contributed by atoms with Crippen LogP contribution in [0.2, 0.25) is 0 Å². The molecule has 0 aromatic carbocycles. The number of rotatable bonds is 2. The lowest BCUT2D eigenvalue weighted by atomic mass is 10.3. The number of nitrogens with two attached hydrogens (primary N) is 1. The smallest absolute Gasteiger partial charge is 0.191 e. The van der Waals surface area contributed by atoms with Gasteiger partial charge < -0.3 is 15.6 Å². The fourth-order valence-corrected chi connectivity index (χ4v) is 3.48. The lowest BCUT2D eigenvalue weighted by molar-refractivity contribution is 0.127. The van der Waals surface area contributed by atoms with E-state index in [1.807, 2.05) is 11.4 Å². The molecule has 0 spiro atoms. The van der Waals surface area contributed by atoms with Crippen molar-refractivity contribution in [3.05, 3.63) is 11.4 Å². The Balaban J connectivity index is 1.89. The lowest BCUT2D eigenvalue weighted by Crippen LogP contribution is -2.20. The van der Waals surface area contributed by atoms with Crippen LogP contribution in [0.25, 0.3) is 10.2 Å². The van der Waals surface area contributed by atoms with Crippen molar-refractivity contribution in [3.8, 4) is 0 Å². The summed E-state index contributed by atoms with van der Waals surface area (Å²) >= 11 is 2.96. The number of nitrogens with zero attached hydrogens (tertiary/aromatic N) is 2. The quantitative estimate of drug-likeness (QED) is 0.795. The fraction of sp³-hybridized carbons (Fsp3) is 0.400. The minimum atomic E-state index is -0.455. The maximum absolute atomic E-state index is 9.66. The van der Waals surface area contributed by atoms with Gasteiger partial charge in [0.05, 0.1) is 30.0 Å². The summed E-state index contributed by atoms with van der Waals surface area (Å²) in [6.07, 6.45) is -0.455. The van der Waals surface area contributed by atoms with Gasteiger partial charge >= 0.3 is 0 Å². The Morgan fingerprint density at radius 3 is 3.12 bits per heavy atom. The highest BCUT2D eigenvalue weighted by atomic mass is 32.2. The number of aliphatic hydroxyl groups excluding tert-OH is 1. The molecule has 1 aliphatic rings. The van der Waals surface area contributed by atoms with E-state index in [9.17, 15) is 5.11 Å². The molecule has 0 aliphatic carbocycles. The third-order valence-corrected chi connectivity index (χ3v) is 4.54. The van der Waals surface area contributed by atoms with Crippen molar-refractivity contribution in [3.63, 3.8) is 0 Å². The van der Waals surface area contributed by atoms with Crippen molar-refractivity contribution < 1.29 is 9.84 Å². The van der Waals surface area contributed by atoms with Gasteiger partial charge in [0.25, 0.3) is 0 Å². The zero-order chi connectivity index (χ0) is 11.8. The summed E-state index contributed by atoms with van der Waals surface area (Å²) < 4.78 is 5.19. The van der Waals surface area contributed by atoms with Crippen LogP contribution in [-0.2, 0) is 4.74 Å². The van der Waals surface area contributed by atoms with Gasteiger partial charge in [-0.2, -0.15) is 0 Å². The van der Waals surface area contributed by atoms with E-state index in [-0.39, 0.29) is 5.25 Å². The molecule has 1 fully saturated rings. The number of hydrogen-bond donors (Lipinski definition) is 2. The van der Waals surface area contributed by atoms with E-state index in [1.165, 1.54) is 23.1 Å². The SMILES string of the molecule is Nc1nc(SC2COCC2O)nc2sccc12.